The highest BCUT2D eigenvalue weighted by molar-refractivity contribution is 5.32. The third-order valence-corrected chi connectivity index (χ3v) is 2.41. The molecule has 0 spiro atoms. The summed E-state index contributed by atoms with van der Waals surface area (Å²) in [6.07, 6.45) is 4.16. The van der Waals surface area contributed by atoms with E-state index in [0.717, 1.165) is 6.42 Å². The number of nitrogens with two attached hydrogens (primary N) is 1. The summed E-state index contributed by atoms with van der Waals surface area (Å²) in [5.41, 5.74) is 5.37. The lowest BCUT2D eigenvalue weighted by Crippen LogP contribution is -2.29. The zero-order valence-corrected chi connectivity index (χ0v) is 10.1. The second kappa shape index (κ2) is 5.65. The summed E-state index contributed by atoms with van der Waals surface area (Å²) in [7, 11) is 0. The van der Waals surface area contributed by atoms with Gasteiger partial charge in [0.2, 0.25) is 0 Å². The Bertz CT molecular complexity index is 386. The van der Waals surface area contributed by atoms with Gasteiger partial charge in [-0.1, -0.05) is 0 Å². The molecule has 0 saturated carbocycles. The molecule has 0 aliphatic carbocycles. The fraction of sp³-hybridized carbons (Fsp3) is 0.636. The molecule has 1 unspecified atom stereocenters. The summed E-state index contributed by atoms with van der Waals surface area (Å²) in [6, 6.07) is 0.300. The fourth-order valence-electron chi connectivity index (χ4n) is 1.49. The van der Waals surface area contributed by atoms with Crippen molar-refractivity contribution in [3.8, 4) is 0 Å². The van der Waals surface area contributed by atoms with E-state index in [4.69, 9.17) is 5.73 Å². The van der Waals surface area contributed by atoms with Gasteiger partial charge in [0.05, 0.1) is 0 Å². The van der Waals surface area contributed by atoms with Crippen LogP contribution in [0.1, 0.15) is 33.2 Å². The minimum absolute atomic E-state index is 0.0821. The van der Waals surface area contributed by atoms with Crippen molar-refractivity contribution < 1.29 is 0 Å². The van der Waals surface area contributed by atoms with Gasteiger partial charge in [-0.2, -0.15) is 0 Å². The van der Waals surface area contributed by atoms with Crippen molar-refractivity contribution in [1.29, 1.82) is 0 Å². The van der Waals surface area contributed by atoms with E-state index >= 15 is 0 Å². The Balaban J connectivity index is 2.89. The molecule has 0 saturated heterocycles. The molecule has 5 heteroatoms. The number of rotatable bonds is 5. The average molecular weight is 224 g/mol. The van der Waals surface area contributed by atoms with Crippen LogP contribution in [0.25, 0.3) is 0 Å². The van der Waals surface area contributed by atoms with E-state index in [1.165, 1.54) is 0 Å². The highest BCUT2D eigenvalue weighted by Crippen LogP contribution is 2.03. The van der Waals surface area contributed by atoms with Crippen LogP contribution in [-0.2, 0) is 0 Å². The van der Waals surface area contributed by atoms with Crippen LogP contribution in [0, 0.1) is 0 Å². The molecule has 5 nitrogen and oxygen atoms in total. The van der Waals surface area contributed by atoms with Crippen molar-refractivity contribution >= 4 is 5.82 Å². The van der Waals surface area contributed by atoms with Crippen LogP contribution in [0.5, 0.6) is 0 Å². The van der Waals surface area contributed by atoms with Crippen molar-refractivity contribution in [2.45, 2.75) is 39.3 Å². The molecule has 1 heterocycles. The molecule has 0 fully saturated rings. The quantitative estimate of drug-likeness (QED) is 0.781. The van der Waals surface area contributed by atoms with Crippen molar-refractivity contribution in [2.24, 2.45) is 5.73 Å². The maximum atomic E-state index is 12.0. The van der Waals surface area contributed by atoms with E-state index in [9.17, 15) is 4.79 Å². The van der Waals surface area contributed by atoms with Crippen LogP contribution in [0.15, 0.2) is 17.2 Å². The first kappa shape index (κ1) is 12.7. The van der Waals surface area contributed by atoms with Gasteiger partial charge in [-0.15, -0.1) is 0 Å². The van der Waals surface area contributed by atoms with Crippen LogP contribution in [0.2, 0.25) is 0 Å². The Kier molecular flexibility index (Phi) is 4.49. The molecular formula is C11H20N4O. The number of nitrogens with zero attached hydrogens (tertiary/aromatic N) is 2. The van der Waals surface area contributed by atoms with E-state index in [-0.39, 0.29) is 17.6 Å². The molecule has 0 bridgehead atoms. The number of hydrogen-bond acceptors (Lipinski definition) is 4. The van der Waals surface area contributed by atoms with Gasteiger partial charge in [0.1, 0.15) is 0 Å². The molecule has 0 amide bonds. The molecule has 0 aromatic carbocycles. The van der Waals surface area contributed by atoms with Crippen molar-refractivity contribution in [1.82, 2.24) is 9.55 Å². The molecule has 0 aliphatic rings. The number of anilines is 1. The Labute approximate surface area is 95.7 Å². The number of nitrogens with one attached hydrogen (secondary N) is 1. The van der Waals surface area contributed by atoms with Gasteiger partial charge in [0.25, 0.3) is 5.56 Å². The van der Waals surface area contributed by atoms with E-state index in [1.54, 1.807) is 17.0 Å². The van der Waals surface area contributed by atoms with Gasteiger partial charge in [-0.3, -0.25) is 4.79 Å². The molecule has 16 heavy (non-hydrogen) atoms. The Morgan fingerprint density at radius 2 is 2.19 bits per heavy atom. The van der Waals surface area contributed by atoms with Gasteiger partial charge in [0, 0.05) is 24.5 Å². The standard InChI is InChI=1S/C11H20N4O/c1-8(2)15-7-6-13-10(11(15)16)14-9(3)4-5-12/h6-9H,4-5,12H2,1-3H3,(H,13,14). The highest BCUT2D eigenvalue weighted by Gasteiger charge is 2.09. The van der Waals surface area contributed by atoms with Crippen LogP contribution in [0.3, 0.4) is 0 Å². The third-order valence-electron chi connectivity index (χ3n) is 2.41. The predicted octanol–water partition coefficient (Wildman–Crippen LogP) is 0.973. The van der Waals surface area contributed by atoms with Crippen LogP contribution >= 0.6 is 0 Å². The first-order valence-corrected chi connectivity index (χ1v) is 5.60. The zero-order chi connectivity index (χ0) is 12.1. The fourth-order valence-corrected chi connectivity index (χ4v) is 1.49. The summed E-state index contributed by atoms with van der Waals surface area (Å²) in [5.74, 6) is 0.400. The highest BCUT2D eigenvalue weighted by atomic mass is 16.1. The topological polar surface area (TPSA) is 72.9 Å². The first-order chi connectivity index (χ1) is 7.56. The molecule has 1 aromatic rings. The lowest BCUT2D eigenvalue weighted by Gasteiger charge is -2.15. The van der Waals surface area contributed by atoms with Crippen molar-refractivity contribution in [3.05, 3.63) is 22.7 Å². The second-order valence-electron chi connectivity index (χ2n) is 4.20. The minimum atomic E-state index is -0.0821. The predicted molar refractivity (Wildman–Crippen MR) is 65.6 cm³/mol. The normalized spacial score (nSPS) is 12.8. The zero-order valence-electron chi connectivity index (χ0n) is 10.1. The summed E-state index contributed by atoms with van der Waals surface area (Å²) in [6.45, 7) is 6.52. The molecule has 1 aromatic heterocycles. The lowest BCUT2D eigenvalue weighted by atomic mass is 10.2. The van der Waals surface area contributed by atoms with Gasteiger partial charge in [0.15, 0.2) is 5.82 Å². The van der Waals surface area contributed by atoms with E-state index in [2.05, 4.69) is 10.3 Å². The van der Waals surface area contributed by atoms with Gasteiger partial charge in [-0.05, 0) is 33.7 Å². The number of hydrogen-bond donors (Lipinski definition) is 2. The molecule has 90 valence electrons. The van der Waals surface area contributed by atoms with E-state index in [0.29, 0.717) is 12.4 Å². The van der Waals surface area contributed by atoms with Gasteiger partial charge < -0.3 is 15.6 Å². The van der Waals surface area contributed by atoms with Crippen LogP contribution in [0.4, 0.5) is 5.82 Å². The summed E-state index contributed by atoms with van der Waals surface area (Å²) in [4.78, 5) is 16.0. The molecule has 0 radical (unpaired) electrons. The Hall–Kier alpha value is -1.36. The molecule has 1 rings (SSSR count). The Morgan fingerprint density at radius 1 is 1.50 bits per heavy atom. The lowest BCUT2D eigenvalue weighted by molar-refractivity contribution is 0.573. The van der Waals surface area contributed by atoms with E-state index < -0.39 is 0 Å². The maximum absolute atomic E-state index is 12.0. The summed E-state index contributed by atoms with van der Waals surface area (Å²) < 4.78 is 1.66. The number of aromatic nitrogens is 2. The van der Waals surface area contributed by atoms with Gasteiger partial charge >= 0.3 is 0 Å². The Morgan fingerprint density at radius 3 is 2.75 bits per heavy atom. The van der Waals surface area contributed by atoms with Crippen molar-refractivity contribution in [2.75, 3.05) is 11.9 Å². The minimum Gasteiger partial charge on any atom is -0.363 e. The molecule has 3 N–H and O–H groups in total. The van der Waals surface area contributed by atoms with E-state index in [1.807, 2.05) is 20.8 Å². The second-order valence-corrected chi connectivity index (χ2v) is 4.20. The molecule has 0 aliphatic heterocycles. The maximum Gasteiger partial charge on any atom is 0.293 e. The SMILES string of the molecule is CC(CCN)Nc1nccn(C(C)C)c1=O. The summed E-state index contributed by atoms with van der Waals surface area (Å²) >= 11 is 0. The van der Waals surface area contributed by atoms with Crippen molar-refractivity contribution in [3.63, 3.8) is 0 Å². The smallest absolute Gasteiger partial charge is 0.293 e. The largest absolute Gasteiger partial charge is 0.363 e. The van der Waals surface area contributed by atoms with Gasteiger partial charge in [-0.25, -0.2) is 4.98 Å². The van der Waals surface area contributed by atoms with Crippen LogP contribution in [-0.4, -0.2) is 22.1 Å². The average Bonchev–Trinajstić information content (AvgIpc) is 2.21. The third kappa shape index (κ3) is 3.06. The van der Waals surface area contributed by atoms with Crippen LogP contribution < -0.4 is 16.6 Å². The molecular weight excluding hydrogens is 204 g/mol. The monoisotopic (exact) mass is 224 g/mol. The summed E-state index contributed by atoms with van der Waals surface area (Å²) in [5, 5.41) is 3.08. The first-order valence-electron chi connectivity index (χ1n) is 5.60. The molecule has 1 atom stereocenters.